The molecule has 2 heterocycles. The number of aryl methyl sites for hydroxylation is 1. The minimum Gasteiger partial charge on any atom is -0.443 e. The van der Waals surface area contributed by atoms with E-state index in [0.29, 0.717) is 29.4 Å². The van der Waals surface area contributed by atoms with Crippen LogP contribution in [0.1, 0.15) is 45.5 Å². The van der Waals surface area contributed by atoms with Gasteiger partial charge in [-0.15, -0.1) is 0 Å². The molecule has 0 aliphatic carbocycles. The van der Waals surface area contributed by atoms with Crippen molar-refractivity contribution in [2.75, 3.05) is 0 Å². The zero-order valence-corrected chi connectivity index (χ0v) is 15.6. The van der Waals surface area contributed by atoms with Crippen LogP contribution in [0.25, 0.3) is 6.08 Å². The van der Waals surface area contributed by atoms with Gasteiger partial charge < -0.3 is 18.0 Å². The van der Waals surface area contributed by atoms with E-state index in [1.165, 1.54) is 0 Å². The Hall–Kier alpha value is -0.915. The normalized spacial score (nSPS) is 25.0. The number of hydrogen-bond acceptors (Lipinski definition) is 1. The number of halogens is 3. The first-order valence-corrected chi connectivity index (χ1v) is 8.62. The molecule has 6 heteroatoms. The van der Waals surface area contributed by atoms with Crippen molar-refractivity contribution in [3.63, 3.8) is 0 Å². The van der Waals surface area contributed by atoms with Gasteiger partial charge in [0, 0.05) is 9.27 Å². The third kappa shape index (κ3) is 3.88. The molecule has 0 fully saturated rings. The van der Waals surface area contributed by atoms with E-state index in [2.05, 4.69) is 41.3 Å². The van der Waals surface area contributed by atoms with E-state index in [1.54, 1.807) is 25.1 Å². The lowest BCUT2D eigenvalue weighted by Gasteiger charge is -2.28. The van der Waals surface area contributed by atoms with Crippen LogP contribution in [-0.4, -0.2) is 17.2 Å². The lowest BCUT2D eigenvalue weighted by molar-refractivity contribution is 0.544. The molecule has 0 aromatic carbocycles. The molecule has 1 aliphatic rings. The van der Waals surface area contributed by atoms with Crippen molar-refractivity contribution in [3.05, 3.63) is 38.7 Å². The molecule has 0 saturated carbocycles. The Morgan fingerprint density at radius 1 is 1.23 bits per heavy atom. The zero-order valence-electron chi connectivity index (χ0n) is 13.4. The average Bonchev–Trinajstić information content (AvgIpc) is 2.78. The van der Waals surface area contributed by atoms with Crippen molar-refractivity contribution in [1.82, 2.24) is 4.48 Å². The van der Waals surface area contributed by atoms with E-state index in [4.69, 9.17) is 0 Å². The Morgan fingerprint density at radius 3 is 2.55 bits per heavy atom. The number of aromatic nitrogens is 1. The lowest BCUT2D eigenvalue weighted by Crippen LogP contribution is -2.35. The summed E-state index contributed by atoms with van der Waals surface area (Å²) in [5, 5.41) is 0. The topological polar surface area (TPSA) is 17.3 Å². The summed E-state index contributed by atoms with van der Waals surface area (Å²) in [5.74, 6) is 0.480. The third-order valence-corrected chi connectivity index (χ3v) is 4.92. The van der Waals surface area contributed by atoms with Gasteiger partial charge in [0.1, 0.15) is 0 Å². The molecule has 1 aromatic rings. The molecule has 0 radical (unpaired) electrons. The van der Waals surface area contributed by atoms with Gasteiger partial charge >= 0.3 is 6.97 Å². The van der Waals surface area contributed by atoms with E-state index in [-0.39, 0.29) is 0 Å². The number of rotatable bonds is 3. The second-order valence-electron chi connectivity index (χ2n) is 6.23. The first-order chi connectivity index (χ1) is 10.2. The van der Waals surface area contributed by atoms with E-state index in [1.807, 2.05) is 13.0 Å². The molecule has 1 aliphatic heterocycles. The fourth-order valence-electron chi connectivity index (χ4n) is 2.61. The highest BCUT2D eigenvalue weighted by atomic mass is 127. The maximum Gasteiger partial charge on any atom is 0.544 e. The highest BCUT2D eigenvalue weighted by Gasteiger charge is 2.30. The fourth-order valence-corrected chi connectivity index (χ4v) is 3.09. The molecule has 2 nitrogen and oxygen atoms in total. The average molecular weight is 417 g/mol. The zero-order chi connectivity index (χ0) is 16.5. The van der Waals surface area contributed by atoms with Gasteiger partial charge in [0.05, 0.1) is 0 Å². The van der Waals surface area contributed by atoms with Gasteiger partial charge in [-0.25, -0.2) is 0 Å². The van der Waals surface area contributed by atoms with Gasteiger partial charge in [0.2, 0.25) is 0 Å². The molecule has 0 N–H and O–H groups in total. The standard InChI is InChI=1S/C16H21BF2IN2/c1-11(2)5-6-14-7-8-15-10-16(20)12(3)9-13(4)21-17(18,19)22(14)15/h7-11H,5-6H2,1-4H3/q-1/b12-9-,16-10-,21-13+. The minimum absolute atomic E-state index is 0.362. The summed E-state index contributed by atoms with van der Waals surface area (Å²) in [7, 11) is 0. The Bertz CT molecular complexity index is 657. The summed E-state index contributed by atoms with van der Waals surface area (Å²) in [5.41, 5.74) is 2.50. The van der Waals surface area contributed by atoms with E-state index >= 15 is 0 Å². The molecule has 0 bridgehead atoms. The molecular formula is C16H21BF2IN2-. The molecule has 22 heavy (non-hydrogen) atoms. The van der Waals surface area contributed by atoms with Crippen LogP contribution in [0, 0.1) is 5.92 Å². The summed E-state index contributed by atoms with van der Waals surface area (Å²) in [6, 6.07) is 3.58. The molecule has 0 atom stereocenters. The van der Waals surface area contributed by atoms with Crippen LogP contribution in [-0.2, 0) is 6.42 Å². The van der Waals surface area contributed by atoms with Crippen LogP contribution in [0.3, 0.4) is 0 Å². The second kappa shape index (κ2) is 6.68. The maximum atomic E-state index is 14.7. The van der Waals surface area contributed by atoms with Gasteiger partial charge in [-0.3, -0.25) is 0 Å². The Kier molecular flexibility index (Phi) is 5.30. The monoisotopic (exact) mass is 417 g/mol. The highest BCUT2D eigenvalue weighted by molar-refractivity contribution is 14.1. The van der Waals surface area contributed by atoms with Crippen LogP contribution in [0.5, 0.6) is 0 Å². The first-order valence-electron chi connectivity index (χ1n) is 7.54. The largest absolute Gasteiger partial charge is 0.544 e. The van der Waals surface area contributed by atoms with Gasteiger partial charge in [0.25, 0.3) is 0 Å². The van der Waals surface area contributed by atoms with E-state index in [9.17, 15) is 8.63 Å². The predicted molar refractivity (Wildman–Crippen MR) is 99.8 cm³/mol. The maximum absolute atomic E-state index is 14.7. The van der Waals surface area contributed by atoms with E-state index < -0.39 is 6.97 Å². The molecule has 2 rings (SSSR count). The third-order valence-electron chi connectivity index (χ3n) is 3.76. The number of allylic oxidation sites excluding steroid dienone is 3. The van der Waals surface area contributed by atoms with Crippen molar-refractivity contribution < 1.29 is 8.63 Å². The van der Waals surface area contributed by atoms with Crippen LogP contribution < -0.4 is 0 Å². The minimum atomic E-state index is -4.00. The van der Waals surface area contributed by atoms with Crippen molar-refractivity contribution in [3.8, 4) is 0 Å². The van der Waals surface area contributed by atoms with Gasteiger partial charge in [-0.2, -0.15) is 0 Å². The van der Waals surface area contributed by atoms with Crippen molar-refractivity contribution in [2.45, 2.75) is 40.5 Å². The van der Waals surface area contributed by atoms with Crippen molar-refractivity contribution >= 4 is 41.3 Å². The Labute approximate surface area is 144 Å². The first kappa shape index (κ1) is 17.4. The van der Waals surface area contributed by atoms with Crippen LogP contribution in [0.2, 0.25) is 0 Å². The van der Waals surface area contributed by atoms with Gasteiger partial charge in [-0.05, 0) is 96.5 Å². The molecule has 0 spiro atoms. The lowest BCUT2D eigenvalue weighted by atomic mass is 9.96. The van der Waals surface area contributed by atoms with Crippen molar-refractivity contribution in [1.29, 1.82) is 0 Å². The smallest absolute Gasteiger partial charge is 0.443 e. The van der Waals surface area contributed by atoms with Gasteiger partial charge in [0.15, 0.2) is 0 Å². The number of fused-ring (bicyclic) bond motifs is 1. The van der Waals surface area contributed by atoms with Crippen LogP contribution >= 0.6 is 22.6 Å². The molecular weight excluding hydrogens is 396 g/mol. The van der Waals surface area contributed by atoms with Gasteiger partial charge in [-0.1, -0.05) is 13.8 Å². The highest BCUT2D eigenvalue weighted by Crippen LogP contribution is 2.29. The summed E-state index contributed by atoms with van der Waals surface area (Å²) in [6.45, 7) is 3.75. The number of hydrogen-bond donors (Lipinski definition) is 0. The summed E-state index contributed by atoms with van der Waals surface area (Å²) < 4.78 is 31.5. The van der Waals surface area contributed by atoms with Crippen molar-refractivity contribution in [2.24, 2.45) is 10.8 Å². The quantitative estimate of drug-likeness (QED) is 0.457. The second-order valence-corrected chi connectivity index (χ2v) is 7.39. The Balaban J connectivity index is 2.58. The van der Waals surface area contributed by atoms with Crippen LogP contribution in [0.15, 0.2) is 32.3 Å². The predicted octanol–water partition coefficient (Wildman–Crippen LogP) is 5.50. The summed E-state index contributed by atoms with van der Waals surface area (Å²) >= 11 is 2.19. The SMILES string of the molecule is CC1=C/C(C)=N/[B-](F)(F)n2c(ccc2CCC(C)C)\C=C\1I. The number of nitrogens with zero attached hydrogens (tertiary/aromatic N) is 2. The molecule has 0 unspecified atom stereocenters. The van der Waals surface area contributed by atoms with E-state index in [0.717, 1.165) is 20.1 Å². The molecule has 1 aromatic heterocycles. The summed E-state index contributed by atoms with van der Waals surface area (Å²) in [6.07, 6.45) is 5.06. The van der Waals surface area contributed by atoms with Crippen LogP contribution in [0.4, 0.5) is 8.63 Å². The summed E-state index contributed by atoms with van der Waals surface area (Å²) in [4.78, 5) is 3.71. The molecule has 0 saturated heterocycles. The molecule has 120 valence electrons. The fraction of sp³-hybridized carbons (Fsp3) is 0.438. The molecule has 0 amide bonds. The Morgan fingerprint density at radius 2 is 1.91 bits per heavy atom.